The van der Waals surface area contributed by atoms with Gasteiger partial charge in [-0.05, 0) is 116 Å². The van der Waals surface area contributed by atoms with Crippen LogP contribution in [0, 0.1) is 0 Å². The number of carbonyl (C=O) groups is 4. The third-order valence-electron chi connectivity index (χ3n) is 12.1. The maximum absolute atomic E-state index is 13.1. The van der Waals surface area contributed by atoms with Gasteiger partial charge in [0.05, 0.1) is 13.0 Å². The van der Waals surface area contributed by atoms with Gasteiger partial charge < -0.3 is 39.0 Å². The third-order valence-corrected chi connectivity index (χ3v) is 12.1. The van der Waals surface area contributed by atoms with E-state index in [0.717, 1.165) is 122 Å². The molecule has 1 saturated heterocycles. The van der Waals surface area contributed by atoms with Crippen LogP contribution in [-0.2, 0) is 42.9 Å². The molecule has 0 spiro atoms. The molecule has 1 aliphatic heterocycles. The molecule has 0 amide bonds. The number of hydrogen-bond donors (Lipinski definition) is 3. The number of aliphatic hydroxyl groups excluding tert-OH is 2. The molecule has 0 aliphatic carbocycles. The van der Waals surface area contributed by atoms with E-state index < -0.39 is 67.3 Å². The SMILES string of the molecule is CC/C=C\C/C=C\C/C=C\C/C=C\C/C=C\CCCC(=O)OC1C(OCC(COC(=O)CCCCCCCCC/C=C\C/C=C\C/C=C\CC)OC(=O)C/C=C\C/C=C\C/C=C\C/C=C\C/C=C\CC)OC(C(=O)O)C(O)C1O. The van der Waals surface area contributed by atoms with Crippen LogP contribution >= 0.6 is 0 Å². The first-order valence-corrected chi connectivity index (χ1v) is 29.5. The molecule has 0 aromatic carbocycles. The van der Waals surface area contributed by atoms with Crippen molar-refractivity contribution >= 4 is 23.9 Å². The lowest BCUT2D eigenvalue weighted by Gasteiger charge is -2.40. The number of rotatable bonds is 47. The topological polar surface area (TPSA) is 175 Å². The molecule has 0 aromatic rings. The molecule has 0 bridgehead atoms. The van der Waals surface area contributed by atoms with Crippen molar-refractivity contribution in [3.05, 3.63) is 158 Å². The van der Waals surface area contributed by atoms with Crippen molar-refractivity contribution in [1.82, 2.24) is 0 Å². The Hall–Kier alpha value is -5.66. The van der Waals surface area contributed by atoms with Crippen LogP contribution in [0.3, 0.4) is 0 Å². The third kappa shape index (κ3) is 42.9. The van der Waals surface area contributed by atoms with Crippen LogP contribution in [0.2, 0.25) is 0 Å². The Bertz CT molecular complexity index is 1980. The fourth-order valence-corrected chi connectivity index (χ4v) is 7.73. The molecule has 3 N–H and O–H groups in total. The molecule has 0 saturated carbocycles. The second-order valence-corrected chi connectivity index (χ2v) is 19.1. The van der Waals surface area contributed by atoms with Crippen molar-refractivity contribution in [2.45, 2.75) is 225 Å². The van der Waals surface area contributed by atoms with E-state index in [2.05, 4.69) is 142 Å². The lowest BCUT2D eigenvalue weighted by molar-refractivity contribution is -0.301. The summed E-state index contributed by atoms with van der Waals surface area (Å²) in [5, 5.41) is 31.5. The fourth-order valence-electron chi connectivity index (χ4n) is 7.73. The van der Waals surface area contributed by atoms with E-state index in [4.69, 9.17) is 23.7 Å². The first kappa shape index (κ1) is 71.4. The number of unbranched alkanes of at least 4 members (excludes halogenated alkanes) is 8. The molecular formula is C67H100O12. The van der Waals surface area contributed by atoms with Crippen molar-refractivity contribution in [2.24, 2.45) is 0 Å². The number of aliphatic carboxylic acids is 1. The molecule has 12 nitrogen and oxygen atoms in total. The van der Waals surface area contributed by atoms with Crippen molar-refractivity contribution in [2.75, 3.05) is 13.2 Å². The molecule has 0 radical (unpaired) electrons. The lowest BCUT2D eigenvalue weighted by atomic mass is 9.98. The van der Waals surface area contributed by atoms with Gasteiger partial charge in [-0.2, -0.15) is 0 Å². The second kappa shape index (κ2) is 53.0. The van der Waals surface area contributed by atoms with E-state index >= 15 is 0 Å². The summed E-state index contributed by atoms with van der Waals surface area (Å²) in [4.78, 5) is 51.1. The smallest absolute Gasteiger partial charge is 0.335 e. The average Bonchev–Trinajstić information content (AvgIpc) is 3.43. The summed E-state index contributed by atoms with van der Waals surface area (Å²) in [5.74, 6) is -3.41. The number of allylic oxidation sites excluding steroid dienone is 25. The van der Waals surface area contributed by atoms with Gasteiger partial charge >= 0.3 is 23.9 Å². The van der Waals surface area contributed by atoms with Gasteiger partial charge in [-0.25, -0.2) is 4.79 Å². The van der Waals surface area contributed by atoms with E-state index in [1.165, 1.54) is 0 Å². The zero-order chi connectivity index (χ0) is 57.5. The normalized spacial score (nSPS) is 19.0. The highest BCUT2D eigenvalue weighted by atomic mass is 16.7. The maximum Gasteiger partial charge on any atom is 0.335 e. The fraction of sp³-hybridized carbons (Fsp3) is 0.552. The minimum atomic E-state index is -1.95. The van der Waals surface area contributed by atoms with Gasteiger partial charge in [0.1, 0.15) is 18.8 Å². The van der Waals surface area contributed by atoms with Crippen LogP contribution in [-0.4, -0.2) is 89.2 Å². The van der Waals surface area contributed by atoms with Crippen molar-refractivity contribution in [1.29, 1.82) is 0 Å². The standard InChI is InChI=1S/C67H100O12/c1-4-7-10-13-16-19-22-25-28-30-33-35-38-41-44-47-50-53-59(68)75-56-58(77-60(69)54-51-48-45-42-39-36-32-27-24-21-18-15-12-9-6-3)57-76-67-65(63(72)62(71)64(79-67)66(73)74)78-61(70)55-52-49-46-43-40-37-34-31-29-26-23-20-17-14-11-8-5-2/h7-12,16-21,25-29,32,34,37,39,42-43,46,48,51,58,62-65,67,71-72H,4-6,13-15,22-24,30-31,33,35-36,38,40-41,44-45,47,49-50,52-57H2,1-3H3,(H,73,74)/b10-7-,11-8-,12-9-,19-16-,20-17-,21-18-,28-25-,29-26-,32-27-,37-34-,42-39-,46-43-,51-48-. The predicted molar refractivity (Wildman–Crippen MR) is 321 cm³/mol. The Morgan fingerprint density at radius 3 is 1.25 bits per heavy atom. The van der Waals surface area contributed by atoms with Gasteiger partial charge in [0, 0.05) is 12.8 Å². The van der Waals surface area contributed by atoms with Crippen LogP contribution in [0.15, 0.2) is 158 Å². The second-order valence-electron chi connectivity index (χ2n) is 19.1. The minimum absolute atomic E-state index is 0.0388. The van der Waals surface area contributed by atoms with Gasteiger partial charge in [0.15, 0.2) is 24.6 Å². The Kier molecular flexibility index (Phi) is 47.9. The Morgan fingerprint density at radius 1 is 0.430 bits per heavy atom. The monoisotopic (exact) mass is 1100 g/mol. The first-order chi connectivity index (χ1) is 38.6. The molecule has 1 rings (SSSR count). The van der Waals surface area contributed by atoms with E-state index in [-0.39, 0.29) is 25.9 Å². The molecular weight excluding hydrogens is 997 g/mol. The zero-order valence-electron chi connectivity index (χ0n) is 48.3. The number of hydrogen-bond acceptors (Lipinski definition) is 11. The van der Waals surface area contributed by atoms with E-state index in [1.807, 2.05) is 30.4 Å². The van der Waals surface area contributed by atoms with E-state index in [0.29, 0.717) is 25.7 Å². The molecule has 6 atom stereocenters. The van der Waals surface area contributed by atoms with Gasteiger partial charge in [0.2, 0.25) is 0 Å². The van der Waals surface area contributed by atoms with Crippen LogP contribution < -0.4 is 0 Å². The number of aliphatic hydroxyl groups is 2. The Balaban J connectivity index is 2.79. The summed E-state index contributed by atoms with van der Waals surface area (Å²) >= 11 is 0. The van der Waals surface area contributed by atoms with Crippen molar-refractivity contribution in [3.8, 4) is 0 Å². The average molecular weight is 1100 g/mol. The molecule has 0 aromatic heterocycles. The maximum atomic E-state index is 13.1. The highest BCUT2D eigenvalue weighted by Gasteiger charge is 2.50. The summed E-state index contributed by atoms with van der Waals surface area (Å²) in [6.07, 6.45) is 65.3. The first-order valence-electron chi connectivity index (χ1n) is 29.5. The van der Waals surface area contributed by atoms with Crippen molar-refractivity contribution < 1.29 is 58.2 Å². The summed E-state index contributed by atoms with van der Waals surface area (Å²) in [6.45, 7) is 5.51. The largest absolute Gasteiger partial charge is 0.479 e. The van der Waals surface area contributed by atoms with Crippen LogP contribution in [0.5, 0.6) is 0 Å². The van der Waals surface area contributed by atoms with E-state index in [9.17, 15) is 34.5 Å². The van der Waals surface area contributed by atoms with Gasteiger partial charge in [-0.15, -0.1) is 0 Å². The van der Waals surface area contributed by atoms with E-state index in [1.54, 1.807) is 6.08 Å². The molecule has 1 fully saturated rings. The van der Waals surface area contributed by atoms with Gasteiger partial charge in [-0.3, -0.25) is 14.4 Å². The molecule has 440 valence electrons. The zero-order valence-corrected chi connectivity index (χ0v) is 48.3. The molecule has 1 heterocycles. The molecule has 12 heteroatoms. The highest BCUT2D eigenvalue weighted by Crippen LogP contribution is 2.26. The number of carboxylic acids is 1. The Labute approximate surface area is 475 Å². The summed E-state index contributed by atoms with van der Waals surface area (Å²) < 4.78 is 28.2. The summed E-state index contributed by atoms with van der Waals surface area (Å²) in [5.41, 5.74) is 0. The van der Waals surface area contributed by atoms with Crippen molar-refractivity contribution in [3.63, 3.8) is 0 Å². The highest BCUT2D eigenvalue weighted by molar-refractivity contribution is 5.74. The van der Waals surface area contributed by atoms with Gasteiger partial charge in [0.25, 0.3) is 0 Å². The van der Waals surface area contributed by atoms with Crippen LogP contribution in [0.1, 0.15) is 188 Å². The number of ether oxygens (including phenoxy) is 5. The van der Waals surface area contributed by atoms with Crippen LogP contribution in [0.25, 0.3) is 0 Å². The molecule has 6 unspecified atom stereocenters. The number of carbonyl (C=O) groups excluding carboxylic acids is 3. The summed E-state index contributed by atoms with van der Waals surface area (Å²) in [6, 6.07) is 0. The minimum Gasteiger partial charge on any atom is -0.479 e. The molecule has 1 aliphatic rings. The van der Waals surface area contributed by atoms with Gasteiger partial charge in [-0.1, -0.05) is 211 Å². The summed E-state index contributed by atoms with van der Waals surface area (Å²) in [7, 11) is 0. The molecule has 79 heavy (non-hydrogen) atoms. The number of esters is 3. The lowest BCUT2D eigenvalue weighted by Crippen LogP contribution is -2.61. The number of carboxylic acid groups (broad SMARTS) is 1. The quantitative estimate of drug-likeness (QED) is 0.0228. The van der Waals surface area contributed by atoms with Crippen LogP contribution in [0.4, 0.5) is 0 Å². The Morgan fingerprint density at radius 2 is 0.810 bits per heavy atom. The predicted octanol–water partition coefficient (Wildman–Crippen LogP) is 15.3.